The van der Waals surface area contributed by atoms with Crippen LogP contribution in [0.5, 0.6) is 11.5 Å². The van der Waals surface area contributed by atoms with Crippen molar-refractivity contribution in [2.24, 2.45) is 5.73 Å². The Morgan fingerprint density at radius 3 is 2.30 bits per heavy atom. The molecule has 0 fully saturated rings. The Kier molecular flexibility index (Phi) is 7.77. The minimum Gasteiger partial charge on any atom is -0.457 e. The van der Waals surface area contributed by atoms with E-state index in [1.54, 1.807) is 31.2 Å². The summed E-state index contributed by atoms with van der Waals surface area (Å²) in [5.41, 5.74) is 7.70. The van der Waals surface area contributed by atoms with Crippen molar-refractivity contribution in [3.05, 3.63) is 81.5 Å². The first-order valence-corrected chi connectivity index (χ1v) is 9.28. The number of hydrogen-bond donors (Lipinski definition) is 2. The van der Waals surface area contributed by atoms with E-state index in [2.05, 4.69) is 5.32 Å². The SMILES string of the molecule is CC/C=C\C(C(=O)NCc1ccc(Oc2cc(Cl)cc(Cl)c2)cc1)=C(/C)N. The number of carbonyl (C=O) groups excluding carboxylic acids is 1. The molecule has 0 heterocycles. The fourth-order valence-electron chi connectivity index (χ4n) is 2.30. The molecule has 0 aliphatic heterocycles. The summed E-state index contributed by atoms with van der Waals surface area (Å²) in [5.74, 6) is 1.01. The van der Waals surface area contributed by atoms with Gasteiger partial charge in [0, 0.05) is 22.3 Å². The van der Waals surface area contributed by atoms with Gasteiger partial charge in [0.25, 0.3) is 5.91 Å². The van der Waals surface area contributed by atoms with Gasteiger partial charge in [-0.3, -0.25) is 4.79 Å². The first kappa shape index (κ1) is 20.9. The van der Waals surface area contributed by atoms with E-state index in [1.165, 1.54) is 0 Å². The number of nitrogens with one attached hydrogen (secondary N) is 1. The molecule has 2 aromatic rings. The number of halogens is 2. The summed E-state index contributed by atoms with van der Waals surface area (Å²) in [6.07, 6.45) is 4.49. The molecule has 1 amide bonds. The van der Waals surface area contributed by atoms with Crippen molar-refractivity contribution in [3.8, 4) is 11.5 Å². The fourth-order valence-corrected chi connectivity index (χ4v) is 2.80. The first-order valence-electron chi connectivity index (χ1n) is 8.53. The van der Waals surface area contributed by atoms with Gasteiger partial charge in [0.2, 0.25) is 0 Å². The third-order valence-electron chi connectivity index (χ3n) is 3.64. The molecule has 0 spiro atoms. The van der Waals surface area contributed by atoms with Crippen LogP contribution in [0.15, 0.2) is 65.9 Å². The largest absolute Gasteiger partial charge is 0.457 e. The summed E-state index contributed by atoms with van der Waals surface area (Å²) in [4.78, 5) is 12.3. The van der Waals surface area contributed by atoms with E-state index in [-0.39, 0.29) is 5.91 Å². The molecule has 27 heavy (non-hydrogen) atoms. The Bertz CT molecular complexity index is 835. The molecule has 2 rings (SSSR count). The predicted octanol–water partition coefficient (Wildman–Crippen LogP) is 5.60. The Morgan fingerprint density at radius 1 is 1.11 bits per heavy atom. The van der Waals surface area contributed by atoms with E-state index >= 15 is 0 Å². The summed E-state index contributed by atoms with van der Waals surface area (Å²) in [6.45, 7) is 4.10. The van der Waals surface area contributed by atoms with Gasteiger partial charge in [-0.25, -0.2) is 0 Å². The van der Waals surface area contributed by atoms with E-state index in [9.17, 15) is 4.79 Å². The second-order valence-corrected chi connectivity index (χ2v) is 6.81. The van der Waals surface area contributed by atoms with Crippen LogP contribution in [0.25, 0.3) is 0 Å². The minimum atomic E-state index is -0.200. The lowest BCUT2D eigenvalue weighted by Crippen LogP contribution is -2.25. The highest BCUT2D eigenvalue weighted by Gasteiger charge is 2.08. The molecule has 6 heteroatoms. The van der Waals surface area contributed by atoms with Crippen molar-refractivity contribution in [1.82, 2.24) is 5.32 Å². The van der Waals surface area contributed by atoms with Crippen LogP contribution in [0, 0.1) is 0 Å². The third kappa shape index (κ3) is 6.66. The summed E-state index contributed by atoms with van der Waals surface area (Å²) >= 11 is 11.9. The second kappa shape index (κ2) is 10.0. The van der Waals surface area contributed by atoms with Crippen LogP contribution in [0.4, 0.5) is 0 Å². The molecule has 0 aromatic heterocycles. The standard InChI is InChI=1S/C21H22Cl2N2O2/c1-3-4-5-20(14(2)24)21(26)25-13-15-6-8-18(9-7-15)27-19-11-16(22)10-17(23)12-19/h4-12H,3,13,24H2,1-2H3,(H,25,26)/b5-4-,20-14-. The van der Waals surface area contributed by atoms with Crippen LogP contribution in [0.3, 0.4) is 0 Å². The Balaban J connectivity index is 1.98. The van der Waals surface area contributed by atoms with Gasteiger partial charge in [0.05, 0.1) is 5.57 Å². The quantitative estimate of drug-likeness (QED) is 0.466. The number of rotatable bonds is 7. The number of amides is 1. The average Bonchev–Trinajstić information content (AvgIpc) is 2.60. The van der Waals surface area contributed by atoms with Crippen LogP contribution in [-0.2, 0) is 11.3 Å². The fraction of sp³-hybridized carbons (Fsp3) is 0.190. The molecule has 4 nitrogen and oxygen atoms in total. The zero-order valence-electron chi connectivity index (χ0n) is 15.3. The van der Waals surface area contributed by atoms with Gasteiger partial charge in [-0.1, -0.05) is 54.4 Å². The lowest BCUT2D eigenvalue weighted by molar-refractivity contribution is -0.117. The van der Waals surface area contributed by atoms with Gasteiger partial charge in [-0.2, -0.15) is 0 Å². The molecule has 0 atom stereocenters. The van der Waals surface area contributed by atoms with Crippen LogP contribution in [-0.4, -0.2) is 5.91 Å². The van der Waals surface area contributed by atoms with Crippen molar-refractivity contribution in [2.75, 3.05) is 0 Å². The van der Waals surface area contributed by atoms with Crippen molar-refractivity contribution < 1.29 is 9.53 Å². The van der Waals surface area contributed by atoms with Gasteiger partial charge in [-0.05, 0) is 49.2 Å². The molecule has 0 aliphatic rings. The molecule has 3 N–H and O–H groups in total. The van der Waals surface area contributed by atoms with Gasteiger partial charge in [-0.15, -0.1) is 0 Å². The van der Waals surface area contributed by atoms with Gasteiger partial charge in [0.15, 0.2) is 0 Å². The lowest BCUT2D eigenvalue weighted by Gasteiger charge is -2.10. The molecule has 0 aliphatic carbocycles. The number of ether oxygens (including phenoxy) is 1. The monoisotopic (exact) mass is 404 g/mol. The topological polar surface area (TPSA) is 64.3 Å². The van der Waals surface area contributed by atoms with Crippen molar-refractivity contribution in [3.63, 3.8) is 0 Å². The maximum atomic E-state index is 12.3. The van der Waals surface area contributed by atoms with Gasteiger partial charge >= 0.3 is 0 Å². The molecular weight excluding hydrogens is 383 g/mol. The summed E-state index contributed by atoms with van der Waals surface area (Å²) in [5, 5.41) is 3.88. The van der Waals surface area contributed by atoms with Crippen molar-refractivity contribution in [1.29, 1.82) is 0 Å². The molecule has 2 aromatic carbocycles. The van der Waals surface area contributed by atoms with Crippen LogP contribution in [0.1, 0.15) is 25.8 Å². The molecule has 0 unspecified atom stereocenters. The molecular formula is C21H22Cl2N2O2. The molecule has 0 saturated heterocycles. The summed E-state index contributed by atoms with van der Waals surface area (Å²) < 4.78 is 5.75. The number of nitrogens with two attached hydrogens (primary N) is 1. The first-order chi connectivity index (χ1) is 12.9. The van der Waals surface area contributed by atoms with Crippen LogP contribution in [0.2, 0.25) is 10.0 Å². The predicted molar refractivity (Wildman–Crippen MR) is 111 cm³/mol. The molecule has 0 radical (unpaired) electrons. The Labute approximate surface area is 169 Å². The van der Waals surface area contributed by atoms with E-state index in [4.69, 9.17) is 33.7 Å². The average molecular weight is 405 g/mol. The second-order valence-electron chi connectivity index (χ2n) is 5.94. The molecule has 0 bridgehead atoms. The van der Waals surface area contributed by atoms with Crippen molar-refractivity contribution in [2.45, 2.75) is 26.8 Å². The van der Waals surface area contributed by atoms with Crippen LogP contribution < -0.4 is 15.8 Å². The van der Waals surface area contributed by atoms with Crippen molar-refractivity contribution >= 4 is 29.1 Å². The van der Waals surface area contributed by atoms with Gasteiger partial charge < -0.3 is 15.8 Å². The van der Waals surface area contributed by atoms with Crippen LogP contribution >= 0.6 is 23.2 Å². The zero-order chi connectivity index (χ0) is 19.8. The van der Waals surface area contributed by atoms with E-state index in [1.807, 2.05) is 37.3 Å². The number of hydrogen-bond acceptors (Lipinski definition) is 3. The van der Waals surface area contributed by atoms with E-state index < -0.39 is 0 Å². The van der Waals surface area contributed by atoms with E-state index in [0.29, 0.717) is 39.4 Å². The minimum absolute atomic E-state index is 0.200. The normalized spacial score (nSPS) is 12.0. The Hall–Kier alpha value is -2.43. The smallest absolute Gasteiger partial charge is 0.253 e. The zero-order valence-corrected chi connectivity index (χ0v) is 16.8. The highest BCUT2D eigenvalue weighted by atomic mass is 35.5. The number of allylic oxidation sites excluding steroid dienone is 2. The summed E-state index contributed by atoms with van der Waals surface area (Å²) in [6, 6.07) is 12.4. The highest BCUT2D eigenvalue weighted by Crippen LogP contribution is 2.28. The third-order valence-corrected chi connectivity index (χ3v) is 4.07. The number of carbonyl (C=O) groups is 1. The summed E-state index contributed by atoms with van der Waals surface area (Å²) in [7, 11) is 0. The maximum Gasteiger partial charge on any atom is 0.253 e. The number of benzene rings is 2. The highest BCUT2D eigenvalue weighted by molar-refractivity contribution is 6.34. The maximum absolute atomic E-state index is 12.3. The van der Waals surface area contributed by atoms with E-state index in [0.717, 1.165) is 12.0 Å². The Morgan fingerprint density at radius 2 is 1.74 bits per heavy atom. The molecule has 0 saturated carbocycles. The lowest BCUT2D eigenvalue weighted by atomic mass is 10.1. The molecule has 142 valence electrons. The van der Waals surface area contributed by atoms with Gasteiger partial charge in [0.1, 0.15) is 11.5 Å².